The summed E-state index contributed by atoms with van der Waals surface area (Å²) in [5, 5.41) is 4.60. The van der Waals surface area contributed by atoms with E-state index in [0.29, 0.717) is 36.1 Å². The highest BCUT2D eigenvalue weighted by Crippen LogP contribution is 2.30. The van der Waals surface area contributed by atoms with Crippen molar-refractivity contribution in [3.63, 3.8) is 0 Å². The van der Waals surface area contributed by atoms with E-state index < -0.39 is 0 Å². The van der Waals surface area contributed by atoms with Gasteiger partial charge in [0.05, 0.1) is 26.4 Å². The number of hydrogen-bond acceptors (Lipinski definition) is 5. The van der Waals surface area contributed by atoms with Gasteiger partial charge in [-0.2, -0.15) is 0 Å². The van der Waals surface area contributed by atoms with Crippen LogP contribution in [0.25, 0.3) is 11.0 Å². The van der Waals surface area contributed by atoms with Crippen LogP contribution in [0.5, 0.6) is 5.75 Å². The smallest absolute Gasteiger partial charge is 0.287 e. The van der Waals surface area contributed by atoms with Crippen LogP contribution < -0.4 is 10.1 Å². The Balaban J connectivity index is 1.55. The first kappa shape index (κ1) is 21.7. The van der Waals surface area contributed by atoms with Gasteiger partial charge in [0.15, 0.2) is 5.76 Å². The van der Waals surface area contributed by atoms with Crippen LogP contribution in [0, 0.1) is 13.8 Å². The van der Waals surface area contributed by atoms with Gasteiger partial charge in [-0.3, -0.25) is 9.69 Å². The molecule has 1 aromatic heterocycles. The summed E-state index contributed by atoms with van der Waals surface area (Å²) in [7, 11) is 1.65. The third-order valence-corrected chi connectivity index (χ3v) is 6.27. The second kappa shape index (κ2) is 9.30. The molecule has 0 radical (unpaired) electrons. The molecule has 3 aromatic rings. The zero-order chi connectivity index (χ0) is 22.0. The minimum Gasteiger partial charge on any atom is -0.497 e. The zero-order valence-corrected chi connectivity index (χ0v) is 18.8. The molecule has 6 nitrogen and oxygen atoms in total. The fourth-order valence-corrected chi connectivity index (χ4v) is 4.16. The van der Waals surface area contributed by atoms with Crippen LogP contribution in [0.1, 0.15) is 33.3 Å². The number of benzene rings is 2. The summed E-state index contributed by atoms with van der Waals surface area (Å²) < 4.78 is 16.7. The van der Waals surface area contributed by atoms with Gasteiger partial charge in [-0.1, -0.05) is 23.7 Å². The molecule has 31 heavy (non-hydrogen) atoms. The molecule has 1 saturated heterocycles. The molecule has 0 saturated carbocycles. The molecule has 164 valence electrons. The quantitative estimate of drug-likeness (QED) is 0.608. The molecule has 0 aliphatic carbocycles. The second-order valence-electron chi connectivity index (χ2n) is 7.80. The summed E-state index contributed by atoms with van der Waals surface area (Å²) in [6.07, 6.45) is 0. The molecule has 2 aromatic carbocycles. The molecule has 1 N–H and O–H groups in total. The summed E-state index contributed by atoms with van der Waals surface area (Å²) in [5.41, 5.74) is 3.50. The number of aryl methyl sites for hydroxylation is 2. The number of hydrogen-bond donors (Lipinski definition) is 1. The van der Waals surface area contributed by atoms with E-state index in [1.54, 1.807) is 7.11 Å². The minimum atomic E-state index is -0.228. The maximum atomic E-state index is 13.0. The number of nitrogens with zero attached hydrogens (tertiary/aromatic N) is 1. The van der Waals surface area contributed by atoms with E-state index in [2.05, 4.69) is 10.2 Å². The van der Waals surface area contributed by atoms with E-state index in [1.807, 2.05) is 50.2 Å². The Labute approximate surface area is 187 Å². The first-order valence-corrected chi connectivity index (χ1v) is 10.8. The summed E-state index contributed by atoms with van der Waals surface area (Å²) in [4.78, 5) is 15.4. The number of rotatable bonds is 6. The number of halogens is 1. The van der Waals surface area contributed by atoms with Crippen LogP contribution >= 0.6 is 11.6 Å². The third kappa shape index (κ3) is 4.56. The molecule has 0 bridgehead atoms. The molecular weight excluding hydrogens is 416 g/mol. The van der Waals surface area contributed by atoms with Crippen LogP contribution in [0.15, 0.2) is 40.8 Å². The van der Waals surface area contributed by atoms with Crippen molar-refractivity contribution >= 4 is 28.5 Å². The lowest BCUT2D eigenvalue weighted by atomic mass is 10.0. The lowest BCUT2D eigenvalue weighted by Crippen LogP contribution is -2.43. The molecule has 1 atom stereocenters. The highest BCUT2D eigenvalue weighted by molar-refractivity contribution is 6.32. The highest BCUT2D eigenvalue weighted by atomic mass is 35.5. The zero-order valence-electron chi connectivity index (χ0n) is 18.0. The molecular formula is C24H27ClN2O4. The summed E-state index contributed by atoms with van der Waals surface area (Å²) in [6.45, 7) is 7.26. The van der Waals surface area contributed by atoms with Gasteiger partial charge in [-0.25, -0.2) is 0 Å². The molecule has 0 unspecified atom stereocenters. The number of fused-ring (bicyclic) bond motifs is 1. The van der Waals surface area contributed by atoms with Crippen molar-refractivity contribution in [2.45, 2.75) is 19.9 Å². The number of carbonyl (C=O) groups excluding carboxylic acids is 1. The standard InChI is InChI=1S/C24H27ClN2O4/c1-15-12-22-19(13-20(15)25)16(2)23(31-22)24(28)26-14-21(27-8-10-30-11-9-27)17-4-6-18(29-3)7-5-17/h4-7,12-13,21H,8-11,14H2,1-3H3,(H,26,28)/t21-/m1/s1. The lowest BCUT2D eigenvalue weighted by Gasteiger charge is -2.35. The van der Waals surface area contributed by atoms with Gasteiger partial charge < -0.3 is 19.2 Å². The van der Waals surface area contributed by atoms with Crippen molar-refractivity contribution in [1.29, 1.82) is 0 Å². The maximum Gasteiger partial charge on any atom is 0.287 e. The predicted octanol–water partition coefficient (Wildman–Crippen LogP) is 4.51. The van der Waals surface area contributed by atoms with E-state index in [-0.39, 0.29) is 11.9 Å². The molecule has 1 amide bonds. The van der Waals surface area contributed by atoms with Crippen molar-refractivity contribution < 1.29 is 18.7 Å². The topological polar surface area (TPSA) is 63.9 Å². The SMILES string of the molecule is COc1ccc([C@@H](CNC(=O)c2oc3cc(C)c(Cl)cc3c2C)N2CCOCC2)cc1. The van der Waals surface area contributed by atoms with Gasteiger partial charge in [0.25, 0.3) is 5.91 Å². The molecule has 1 aliphatic rings. The predicted molar refractivity (Wildman–Crippen MR) is 121 cm³/mol. The number of methoxy groups -OCH3 is 1. The first-order valence-electron chi connectivity index (χ1n) is 10.4. The lowest BCUT2D eigenvalue weighted by molar-refractivity contribution is 0.0161. The van der Waals surface area contributed by atoms with Gasteiger partial charge >= 0.3 is 0 Å². The van der Waals surface area contributed by atoms with Crippen molar-refractivity contribution in [1.82, 2.24) is 10.2 Å². The van der Waals surface area contributed by atoms with Gasteiger partial charge in [-0.15, -0.1) is 0 Å². The number of morpholine rings is 1. The van der Waals surface area contributed by atoms with Gasteiger partial charge in [0.1, 0.15) is 11.3 Å². The van der Waals surface area contributed by atoms with E-state index in [0.717, 1.165) is 40.9 Å². The highest BCUT2D eigenvalue weighted by Gasteiger charge is 2.25. The Bertz CT molecular complexity index is 1070. The largest absolute Gasteiger partial charge is 0.497 e. The average molecular weight is 443 g/mol. The third-order valence-electron chi connectivity index (χ3n) is 5.87. The Morgan fingerprint density at radius 1 is 1.19 bits per heavy atom. The van der Waals surface area contributed by atoms with Gasteiger partial charge in [0.2, 0.25) is 0 Å². The molecule has 7 heteroatoms. The maximum absolute atomic E-state index is 13.0. The fraction of sp³-hybridized carbons (Fsp3) is 0.375. The van der Waals surface area contributed by atoms with Crippen LogP contribution in [-0.4, -0.2) is 50.8 Å². The Morgan fingerprint density at radius 2 is 1.90 bits per heavy atom. The summed E-state index contributed by atoms with van der Waals surface area (Å²) >= 11 is 6.26. The van der Waals surface area contributed by atoms with E-state index in [1.165, 1.54) is 0 Å². The van der Waals surface area contributed by atoms with Gasteiger partial charge in [-0.05, 0) is 49.2 Å². The van der Waals surface area contributed by atoms with Crippen LogP contribution in [0.4, 0.5) is 0 Å². The fourth-order valence-electron chi connectivity index (χ4n) is 4.00. The monoisotopic (exact) mass is 442 g/mol. The van der Waals surface area contributed by atoms with Crippen molar-refractivity contribution in [2.75, 3.05) is 40.0 Å². The van der Waals surface area contributed by atoms with Crippen LogP contribution in [0.3, 0.4) is 0 Å². The number of ether oxygens (including phenoxy) is 2. The second-order valence-corrected chi connectivity index (χ2v) is 8.21. The molecule has 4 rings (SSSR count). The molecule has 1 aliphatic heterocycles. The van der Waals surface area contributed by atoms with E-state index in [4.69, 9.17) is 25.5 Å². The Hall–Kier alpha value is -2.54. The van der Waals surface area contributed by atoms with Crippen molar-refractivity contribution in [3.05, 3.63) is 63.9 Å². The number of nitrogens with one attached hydrogen (secondary N) is 1. The number of carbonyl (C=O) groups is 1. The van der Waals surface area contributed by atoms with E-state index >= 15 is 0 Å². The van der Waals surface area contributed by atoms with Gasteiger partial charge in [0, 0.05) is 35.6 Å². The molecule has 2 heterocycles. The Morgan fingerprint density at radius 3 is 2.58 bits per heavy atom. The minimum absolute atomic E-state index is 0.0279. The van der Waals surface area contributed by atoms with Crippen LogP contribution in [0.2, 0.25) is 5.02 Å². The van der Waals surface area contributed by atoms with E-state index in [9.17, 15) is 4.79 Å². The van der Waals surface area contributed by atoms with Crippen LogP contribution in [-0.2, 0) is 4.74 Å². The van der Waals surface area contributed by atoms with Crippen molar-refractivity contribution in [2.24, 2.45) is 0 Å². The summed E-state index contributed by atoms with van der Waals surface area (Å²) in [5.74, 6) is 0.904. The normalized spacial score (nSPS) is 15.7. The first-order chi connectivity index (χ1) is 15.0. The number of furan rings is 1. The number of amides is 1. The molecule has 0 spiro atoms. The van der Waals surface area contributed by atoms with Crippen molar-refractivity contribution in [3.8, 4) is 5.75 Å². The Kier molecular flexibility index (Phi) is 6.51. The average Bonchev–Trinajstić information content (AvgIpc) is 3.10. The summed E-state index contributed by atoms with van der Waals surface area (Å²) in [6, 6.07) is 11.7. The molecule has 1 fully saturated rings.